The van der Waals surface area contributed by atoms with Gasteiger partial charge < -0.3 is 5.32 Å². The Kier molecular flexibility index (Phi) is 3.83. The van der Waals surface area contributed by atoms with Crippen LogP contribution in [0.4, 0.5) is 5.69 Å². The first-order valence-corrected chi connectivity index (χ1v) is 6.48. The highest BCUT2D eigenvalue weighted by atomic mass is 35.5. The molecule has 0 spiro atoms. The third-order valence-corrected chi connectivity index (χ3v) is 3.19. The Morgan fingerprint density at radius 2 is 1.53 bits per heavy atom. The molecule has 1 N–H and O–H groups in total. The third kappa shape index (κ3) is 3.64. The molecule has 0 fully saturated rings. The van der Waals surface area contributed by atoms with Crippen molar-refractivity contribution in [3.63, 3.8) is 0 Å². The molecule has 0 saturated heterocycles. The number of anilines is 1. The van der Waals surface area contributed by atoms with Crippen LogP contribution in [0.2, 0.25) is 5.02 Å². The van der Waals surface area contributed by atoms with Crippen LogP contribution in [0.15, 0.2) is 12.1 Å². The molecule has 0 aliphatic heterocycles. The number of rotatable bonds is 1. The zero-order chi connectivity index (χ0) is 13.4. The van der Waals surface area contributed by atoms with E-state index in [0.717, 1.165) is 10.7 Å². The number of halogens is 1. The van der Waals surface area contributed by atoms with E-state index in [9.17, 15) is 0 Å². The molecule has 0 aliphatic rings. The molecule has 1 rings (SSSR count). The minimum Gasteiger partial charge on any atom is -0.379 e. The molecule has 0 atom stereocenters. The lowest BCUT2D eigenvalue weighted by molar-refractivity contribution is 0.586. The van der Waals surface area contributed by atoms with Crippen LogP contribution in [0.1, 0.15) is 52.7 Å². The van der Waals surface area contributed by atoms with E-state index >= 15 is 0 Å². The Bertz CT molecular complexity index is 408. The molecule has 0 radical (unpaired) electrons. The van der Waals surface area contributed by atoms with Crippen LogP contribution < -0.4 is 5.32 Å². The summed E-state index contributed by atoms with van der Waals surface area (Å²) in [5, 5.41) is 4.28. The topological polar surface area (TPSA) is 12.0 Å². The number of benzene rings is 1. The van der Waals surface area contributed by atoms with Gasteiger partial charge in [-0.25, -0.2) is 0 Å². The lowest BCUT2D eigenvalue weighted by Crippen LogP contribution is -2.26. The Morgan fingerprint density at radius 3 is 1.94 bits per heavy atom. The van der Waals surface area contributed by atoms with Crippen molar-refractivity contribution in [2.75, 3.05) is 5.32 Å². The summed E-state index contributed by atoms with van der Waals surface area (Å²) in [6.07, 6.45) is 0. The fourth-order valence-corrected chi connectivity index (χ4v) is 2.21. The molecule has 1 nitrogen and oxygen atoms in total. The van der Waals surface area contributed by atoms with Crippen molar-refractivity contribution in [1.82, 2.24) is 0 Å². The Labute approximate surface area is 111 Å². The van der Waals surface area contributed by atoms with Crippen LogP contribution in [-0.4, -0.2) is 5.54 Å². The monoisotopic (exact) mass is 253 g/mol. The van der Waals surface area contributed by atoms with Crippen molar-refractivity contribution in [2.45, 2.75) is 59.4 Å². The largest absolute Gasteiger partial charge is 0.379 e. The summed E-state index contributed by atoms with van der Waals surface area (Å²) in [5.74, 6) is 0. The second kappa shape index (κ2) is 4.53. The Morgan fingerprint density at radius 1 is 1.00 bits per heavy atom. The quantitative estimate of drug-likeness (QED) is 0.729. The number of hydrogen-bond donors (Lipinski definition) is 1. The first kappa shape index (κ1) is 14.4. The van der Waals surface area contributed by atoms with Gasteiger partial charge in [0.2, 0.25) is 0 Å². The van der Waals surface area contributed by atoms with Gasteiger partial charge in [0.1, 0.15) is 0 Å². The maximum Gasteiger partial charge on any atom is 0.0669 e. The van der Waals surface area contributed by atoms with Gasteiger partial charge in [0.15, 0.2) is 0 Å². The molecule has 17 heavy (non-hydrogen) atoms. The predicted molar refractivity (Wildman–Crippen MR) is 78.3 cm³/mol. The lowest BCUT2D eigenvalue weighted by atomic mass is 9.84. The van der Waals surface area contributed by atoms with E-state index in [0.29, 0.717) is 0 Å². The van der Waals surface area contributed by atoms with E-state index in [1.807, 2.05) is 0 Å². The third-order valence-electron chi connectivity index (χ3n) is 2.70. The summed E-state index contributed by atoms with van der Waals surface area (Å²) in [4.78, 5) is 0. The van der Waals surface area contributed by atoms with Crippen LogP contribution >= 0.6 is 11.6 Å². The molecule has 96 valence electrons. The number of nitrogens with one attached hydrogen (secondary N) is 1. The van der Waals surface area contributed by atoms with Crippen LogP contribution in [0, 0.1) is 6.92 Å². The second-order valence-electron chi connectivity index (χ2n) is 6.72. The van der Waals surface area contributed by atoms with Gasteiger partial charge in [-0.15, -0.1) is 0 Å². The standard InChI is InChI=1S/C15H24ClN/c1-10-11(14(2,3)4)8-9-12(13(10)16)17-15(5,6)7/h8-9,17H,1-7H3. The molecule has 0 unspecified atom stereocenters. The van der Waals surface area contributed by atoms with Crippen molar-refractivity contribution in [2.24, 2.45) is 0 Å². The van der Waals surface area contributed by atoms with Gasteiger partial charge in [0, 0.05) is 5.54 Å². The van der Waals surface area contributed by atoms with Gasteiger partial charge in [0.25, 0.3) is 0 Å². The number of hydrogen-bond acceptors (Lipinski definition) is 1. The highest BCUT2D eigenvalue weighted by molar-refractivity contribution is 6.34. The van der Waals surface area contributed by atoms with Gasteiger partial charge in [0.05, 0.1) is 10.7 Å². The van der Waals surface area contributed by atoms with Gasteiger partial charge in [-0.1, -0.05) is 38.4 Å². The summed E-state index contributed by atoms with van der Waals surface area (Å²) < 4.78 is 0. The molecule has 0 saturated carbocycles. The summed E-state index contributed by atoms with van der Waals surface area (Å²) in [6.45, 7) is 15.1. The maximum absolute atomic E-state index is 6.45. The van der Waals surface area contributed by atoms with Gasteiger partial charge in [-0.2, -0.15) is 0 Å². The van der Waals surface area contributed by atoms with E-state index in [4.69, 9.17) is 11.6 Å². The molecule has 1 aromatic carbocycles. The van der Waals surface area contributed by atoms with E-state index in [1.165, 1.54) is 11.1 Å². The average molecular weight is 254 g/mol. The summed E-state index contributed by atoms with van der Waals surface area (Å²) in [5.41, 5.74) is 3.66. The smallest absolute Gasteiger partial charge is 0.0669 e. The molecular formula is C15H24ClN. The molecule has 1 aromatic rings. The summed E-state index contributed by atoms with van der Waals surface area (Å²) >= 11 is 6.45. The molecule has 2 heteroatoms. The Hall–Kier alpha value is -0.690. The van der Waals surface area contributed by atoms with Crippen LogP contribution in [-0.2, 0) is 5.41 Å². The van der Waals surface area contributed by atoms with Crippen molar-refractivity contribution in [3.05, 3.63) is 28.3 Å². The fraction of sp³-hybridized carbons (Fsp3) is 0.600. The zero-order valence-corrected chi connectivity index (χ0v) is 12.8. The fourth-order valence-electron chi connectivity index (χ4n) is 2.00. The van der Waals surface area contributed by atoms with Crippen LogP contribution in [0.3, 0.4) is 0 Å². The molecule has 0 bridgehead atoms. The zero-order valence-electron chi connectivity index (χ0n) is 12.0. The molecule has 0 aromatic heterocycles. The molecule has 0 heterocycles. The van der Waals surface area contributed by atoms with Crippen LogP contribution in [0.25, 0.3) is 0 Å². The predicted octanol–water partition coefficient (Wildman–Crippen LogP) is 5.16. The first-order chi connectivity index (χ1) is 7.52. The van der Waals surface area contributed by atoms with Gasteiger partial charge in [-0.05, 0) is 50.3 Å². The van der Waals surface area contributed by atoms with Crippen molar-refractivity contribution >= 4 is 17.3 Å². The van der Waals surface area contributed by atoms with Crippen molar-refractivity contribution in [3.8, 4) is 0 Å². The van der Waals surface area contributed by atoms with Gasteiger partial charge in [-0.3, -0.25) is 0 Å². The Balaban J connectivity index is 3.21. The maximum atomic E-state index is 6.45. The van der Waals surface area contributed by atoms with E-state index in [2.05, 4.69) is 65.9 Å². The van der Waals surface area contributed by atoms with Crippen molar-refractivity contribution in [1.29, 1.82) is 0 Å². The normalized spacial score (nSPS) is 12.7. The second-order valence-corrected chi connectivity index (χ2v) is 7.10. The van der Waals surface area contributed by atoms with Gasteiger partial charge >= 0.3 is 0 Å². The van der Waals surface area contributed by atoms with E-state index in [1.54, 1.807) is 0 Å². The molecular weight excluding hydrogens is 230 g/mol. The first-order valence-electron chi connectivity index (χ1n) is 6.10. The minimum absolute atomic E-state index is 0.0271. The van der Waals surface area contributed by atoms with E-state index in [-0.39, 0.29) is 11.0 Å². The summed E-state index contributed by atoms with van der Waals surface area (Å²) in [7, 11) is 0. The van der Waals surface area contributed by atoms with Crippen molar-refractivity contribution < 1.29 is 0 Å². The minimum atomic E-state index is 0.0271. The summed E-state index contributed by atoms with van der Waals surface area (Å²) in [6, 6.07) is 4.26. The highest BCUT2D eigenvalue weighted by Gasteiger charge is 2.20. The molecule has 0 amide bonds. The highest BCUT2D eigenvalue weighted by Crippen LogP contribution is 2.35. The average Bonchev–Trinajstić information content (AvgIpc) is 2.08. The molecule has 0 aliphatic carbocycles. The lowest BCUT2D eigenvalue weighted by Gasteiger charge is -2.27. The van der Waals surface area contributed by atoms with Crippen LogP contribution in [0.5, 0.6) is 0 Å². The van der Waals surface area contributed by atoms with E-state index < -0.39 is 0 Å². The SMILES string of the molecule is Cc1c(C(C)(C)C)ccc(NC(C)(C)C)c1Cl.